The predicted octanol–water partition coefficient (Wildman–Crippen LogP) is 2.22. The van der Waals surface area contributed by atoms with E-state index in [1.807, 2.05) is 4.72 Å². The van der Waals surface area contributed by atoms with Gasteiger partial charge in [-0.1, -0.05) is 15.9 Å². The zero-order valence-electron chi connectivity index (χ0n) is 9.92. The second kappa shape index (κ2) is 5.72. The van der Waals surface area contributed by atoms with E-state index < -0.39 is 27.3 Å². The molecule has 1 aromatic rings. The van der Waals surface area contributed by atoms with E-state index in [1.165, 1.54) is 0 Å². The van der Waals surface area contributed by atoms with E-state index in [0.29, 0.717) is 6.04 Å². The first-order valence-electron chi connectivity index (χ1n) is 5.76. The lowest BCUT2D eigenvalue weighted by atomic mass is 10.3. The number of rotatable bonds is 6. The summed E-state index contributed by atoms with van der Waals surface area (Å²) in [6, 6.07) is 2.39. The Morgan fingerprint density at radius 3 is 2.37 bits per heavy atom. The third-order valence-corrected chi connectivity index (χ3v) is 4.36. The Morgan fingerprint density at radius 1 is 1.26 bits per heavy atom. The van der Waals surface area contributed by atoms with Crippen LogP contribution in [0, 0.1) is 11.6 Å². The number of hydrogen-bond acceptors (Lipinski definition) is 3. The Balaban J connectivity index is 2.02. The predicted molar refractivity (Wildman–Crippen MR) is 72.5 cm³/mol. The van der Waals surface area contributed by atoms with Crippen molar-refractivity contribution in [3.05, 3.63) is 28.2 Å². The molecule has 1 aliphatic carbocycles. The van der Waals surface area contributed by atoms with Crippen molar-refractivity contribution in [2.24, 2.45) is 0 Å². The molecule has 4 nitrogen and oxygen atoms in total. The molecule has 106 valence electrons. The second-order valence-electron chi connectivity index (χ2n) is 4.39. The van der Waals surface area contributed by atoms with Gasteiger partial charge in [0.15, 0.2) is 11.6 Å². The Bertz CT molecular complexity index is 553. The van der Waals surface area contributed by atoms with E-state index in [2.05, 4.69) is 21.2 Å². The van der Waals surface area contributed by atoms with Gasteiger partial charge in [-0.2, -0.15) is 0 Å². The van der Waals surface area contributed by atoms with Crippen molar-refractivity contribution in [2.45, 2.75) is 18.9 Å². The second-order valence-corrected chi connectivity index (χ2v) is 7.15. The molecule has 1 aromatic carbocycles. The summed E-state index contributed by atoms with van der Waals surface area (Å²) in [5.41, 5.74) is -0.644. The highest BCUT2D eigenvalue weighted by Crippen LogP contribution is 2.24. The maximum atomic E-state index is 13.5. The summed E-state index contributed by atoms with van der Waals surface area (Å²) in [5, 5.41) is 3.02. The SMILES string of the molecule is O=S(=O)(CCNC1CC1)Nc1c(F)cc(Br)cc1F. The van der Waals surface area contributed by atoms with E-state index in [9.17, 15) is 17.2 Å². The highest BCUT2D eigenvalue weighted by Gasteiger charge is 2.22. The van der Waals surface area contributed by atoms with Gasteiger partial charge in [0.05, 0.1) is 5.75 Å². The number of halogens is 3. The molecule has 0 aromatic heterocycles. The minimum atomic E-state index is -3.77. The molecule has 0 amide bonds. The summed E-state index contributed by atoms with van der Waals surface area (Å²) in [6.45, 7) is 0.264. The van der Waals surface area contributed by atoms with Gasteiger partial charge in [0.1, 0.15) is 5.69 Å². The van der Waals surface area contributed by atoms with E-state index >= 15 is 0 Å². The van der Waals surface area contributed by atoms with E-state index in [4.69, 9.17) is 0 Å². The highest BCUT2D eigenvalue weighted by molar-refractivity contribution is 9.10. The van der Waals surface area contributed by atoms with Crippen molar-refractivity contribution in [3.8, 4) is 0 Å². The minimum Gasteiger partial charge on any atom is -0.313 e. The molecule has 1 aliphatic rings. The lowest BCUT2D eigenvalue weighted by molar-refractivity contribution is 0.580. The first-order chi connectivity index (χ1) is 8.87. The van der Waals surface area contributed by atoms with Gasteiger partial charge in [0.25, 0.3) is 0 Å². The molecule has 0 unspecified atom stereocenters. The Kier molecular flexibility index (Phi) is 4.42. The van der Waals surface area contributed by atoms with Crippen LogP contribution in [0.2, 0.25) is 0 Å². The maximum absolute atomic E-state index is 13.5. The summed E-state index contributed by atoms with van der Waals surface area (Å²) < 4.78 is 52.5. The van der Waals surface area contributed by atoms with Crippen LogP contribution in [0.4, 0.5) is 14.5 Å². The van der Waals surface area contributed by atoms with Gasteiger partial charge >= 0.3 is 0 Å². The van der Waals surface area contributed by atoms with Crippen LogP contribution in [-0.4, -0.2) is 26.8 Å². The molecule has 2 N–H and O–H groups in total. The molecule has 0 aliphatic heterocycles. The number of nitrogens with one attached hydrogen (secondary N) is 2. The largest absolute Gasteiger partial charge is 0.313 e. The third-order valence-electron chi connectivity index (χ3n) is 2.65. The standard InChI is InChI=1S/C11H13BrF2N2O2S/c12-7-5-9(13)11(10(14)6-7)16-19(17,18)4-3-15-8-1-2-8/h5-6,8,15-16H,1-4H2. The van der Waals surface area contributed by atoms with Gasteiger partial charge in [-0.05, 0) is 25.0 Å². The molecular weight excluding hydrogens is 342 g/mol. The lowest BCUT2D eigenvalue weighted by Crippen LogP contribution is -2.28. The maximum Gasteiger partial charge on any atom is 0.234 e. The summed E-state index contributed by atoms with van der Waals surface area (Å²) in [4.78, 5) is 0. The summed E-state index contributed by atoms with van der Waals surface area (Å²) in [6.07, 6.45) is 2.09. The molecule has 0 bridgehead atoms. The summed E-state index contributed by atoms with van der Waals surface area (Å²) >= 11 is 2.92. The molecule has 8 heteroatoms. The summed E-state index contributed by atoms with van der Waals surface area (Å²) in [5.74, 6) is -2.13. The monoisotopic (exact) mass is 354 g/mol. The average molecular weight is 355 g/mol. The van der Waals surface area contributed by atoms with Gasteiger partial charge in [-0.15, -0.1) is 0 Å². The van der Waals surface area contributed by atoms with Crippen molar-refractivity contribution in [2.75, 3.05) is 17.0 Å². The van der Waals surface area contributed by atoms with Crippen molar-refractivity contribution in [3.63, 3.8) is 0 Å². The fraction of sp³-hybridized carbons (Fsp3) is 0.455. The van der Waals surface area contributed by atoms with E-state index in [-0.39, 0.29) is 16.8 Å². The van der Waals surface area contributed by atoms with Gasteiger partial charge in [-0.3, -0.25) is 4.72 Å². The fourth-order valence-electron chi connectivity index (χ4n) is 1.53. The molecule has 1 fully saturated rings. The van der Waals surface area contributed by atoms with Crippen LogP contribution in [0.15, 0.2) is 16.6 Å². The van der Waals surface area contributed by atoms with Crippen molar-refractivity contribution >= 4 is 31.6 Å². The van der Waals surface area contributed by atoms with Gasteiger partial charge in [0, 0.05) is 17.1 Å². The minimum absolute atomic E-state index is 0.209. The number of sulfonamides is 1. The molecule has 0 radical (unpaired) electrons. The van der Waals surface area contributed by atoms with Crippen molar-refractivity contribution in [1.82, 2.24) is 5.32 Å². The van der Waals surface area contributed by atoms with E-state index in [1.54, 1.807) is 0 Å². The van der Waals surface area contributed by atoms with Crippen LogP contribution in [0.3, 0.4) is 0 Å². The van der Waals surface area contributed by atoms with Crippen molar-refractivity contribution in [1.29, 1.82) is 0 Å². The molecule has 0 saturated heterocycles. The highest BCUT2D eigenvalue weighted by atomic mass is 79.9. The van der Waals surface area contributed by atoms with Crippen molar-refractivity contribution < 1.29 is 17.2 Å². The van der Waals surface area contributed by atoms with Gasteiger partial charge < -0.3 is 5.32 Å². The zero-order valence-corrected chi connectivity index (χ0v) is 12.3. The molecular formula is C11H13BrF2N2O2S. The Hall–Kier alpha value is -0.730. The van der Waals surface area contributed by atoms with E-state index in [0.717, 1.165) is 25.0 Å². The molecule has 1 saturated carbocycles. The lowest BCUT2D eigenvalue weighted by Gasteiger charge is -2.10. The molecule has 0 heterocycles. The smallest absolute Gasteiger partial charge is 0.234 e. The first kappa shape index (κ1) is 14.7. The van der Waals surface area contributed by atoms with Crippen LogP contribution in [0.25, 0.3) is 0 Å². The molecule has 19 heavy (non-hydrogen) atoms. The first-order valence-corrected chi connectivity index (χ1v) is 8.20. The third kappa shape index (κ3) is 4.39. The normalized spacial score (nSPS) is 15.5. The van der Waals surface area contributed by atoms with Gasteiger partial charge in [-0.25, -0.2) is 17.2 Å². The van der Waals surface area contributed by atoms with Gasteiger partial charge in [0.2, 0.25) is 10.0 Å². The fourth-order valence-corrected chi connectivity index (χ4v) is 2.93. The zero-order chi connectivity index (χ0) is 14.0. The molecule has 2 rings (SSSR count). The van der Waals surface area contributed by atoms with Crippen LogP contribution in [0.1, 0.15) is 12.8 Å². The molecule has 0 atom stereocenters. The number of anilines is 1. The number of hydrogen-bond donors (Lipinski definition) is 2. The molecule has 0 spiro atoms. The van der Waals surface area contributed by atoms with Crippen LogP contribution in [0.5, 0.6) is 0 Å². The quantitative estimate of drug-likeness (QED) is 0.823. The van der Waals surface area contributed by atoms with Crippen LogP contribution < -0.4 is 10.0 Å². The van der Waals surface area contributed by atoms with Crippen LogP contribution in [-0.2, 0) is 10.0 Å². The number of benzene rings is 1. The topological polar surface area (TPSA) is 58.2 Å². The Morgan fingerprint density at radius 2 is 1.84 bits per heavy atom. The van der Waals surface area contributed by atoms with Crippen LogP contribution >= 0.6 is 15.9 Å². The average Bonchev–Trinajstić information content (AvgIpc) is 3.07. The summed E-state index contributed by atoms with van der Waals surface area (Å²) in [7, 11) is -3.77. The Labute approximate surface area is 118 Å².